The topological polar surface area (TPSA) is 94.0 Å². The van der Waals surface area contributed by atoms with Gasteiger partial charge in [-0.25, -0.2) is 18.6 Å². The minimum Gasteiger partial charge on any atom is -0.497 e. The number of hydrogen-bond acceptors (Lipinski definition) is 6. The van der Waals surface area contributed by atoms with Crippen molar-refractivity contribution in [2.24, 2.45) is 4.58 Å². The third-order valence-electron chi connectivity index (χ3n) is 4.55. The summed E-state index contributed by atoms with van der Waals surface area (Å²) in [6, 6.07) is 9.91. The van der Waals surface area contributed by atoms with E-state index in [9.17, 15) is 17.9 Å². The molecular weight excluding hydrogens is 430 g/mol. The van der Waals surface area contributed by atoms with Crippen molar-refractivity contribution in [3.63, 3.8) is 0 Å². The van der Waals surface area contributed by atoms with E-state index in [1.807, 2.05) is 0 Å². The number of rotatable bonds is 8. The van der Waals surface area contributed by atoms with Gasteiger partial charge in [0.05, 0.1) is 27.0 Å². The van der Waals surface area contributed by atoms with Gasteiger partial charge in [-0.3, -0.25) is 4.31 Å². The van der Waals surface area contributed by atoms with Crippen LogP contribution in [0.5, 0.6) is 11.5 Å². The molecule has 31 heavy (non-hydrogen) atoms. The summed E-state index contributed by atoms with van der Waals surface area (Å²) in [5, 5.41) is -0.250. The average Bonchev–Trinajstić information content (AvgIpc) is 2.78. The van der Waals surface area contributed by atoms with E-state index in [-0.39, 0.29) is 23.0 Å². The van der Waals surface area contributed by atoms with Crippen molar-refractivity contribution in [2.75, 3.05) is 18.5 Å². The molecule has 0 aliphatic carbocycles. The van der Waals surface area contributed by atoms with Gasteiger partial charge in [0.25, 0.3) is 0 Å². The Morgan fingerprint density at radius 1 is 1.13 bits per heavy atom. The Bertz CT molecular complexity index is 1160. The van der Waals surface area contributed by atoms with Gasteiger partial charge >= 0.3 is 0 Å². The number of halogens is 2. The molecule has 11 heteroatoms. The molecule has 0 amide bonds. The Labute approximate surface area is 178 Å². The molecule has 0 spiro atoms. The number of anilines is 1. The molecule has 0 unspecified atom stereocenters. The van der Waals surface area contributed by atoms with Gasteiger partial charge in [0.15, 0.2) is 0 Å². The van der Waals surface area contributed by atoms with Gasteiger partial charge in [0, 0.05) is 16.2 Å². The first-order valence-electron chi connectivity index (χ1n) is 9.01. The Balaban J connectivity index is 2.18. The molecule has 8 nitrogen and oxygen atoms in total. The monoisotopic (exact) mass is 450 g/mol. The highest BCUT2D eigenvalue weighted by Gasteiger charge is 2.31. The molecule has 0 N–H and O–H groups in total. The van der Waals surface area contributed by atoms with Crippen LogP contribution in [0.2, 0.25) is 0 Å². The normalized spacial score (nSPS) is 11.6. The average molecular weight is 450 g/mol. The molecule has 0 radical (unpaired) electrons. The van der Waals surface area contributed by atoms with E-state index in [0.717, 1.165) is 16.6 Å². The summed E-state index contributed by atoms with van der Waals surface area (Å²) in [6.07, 6.45) is 0.855. The van der Waals surface area contributed by atoms with Gasteiger partial charge < -0.3 is 9.47 Å². The van der Waals surface area contributed by atoms with Crippen LogP contribution in [0.25, 0.3) is 0 Å². The van der Waals surface area contributed by atoms with Gasteiger partial charge in [-0.15, -0.1) is 4.91 Å². The summed E-state index contributed by atoms with van der Waals surface area (Å²) in [6.45, 7) is 1.25. The van der Waals surface area contributed by atoms with Gasteiger partial charge in [0.2, 0.25) is 5.95 Å². The van der Waals surface area contributed by atoms with Crippen molar-refractivity contribution in [3.05, 3.63) is 76.5 Å². The van der Waals surface area contributed by atoms with Crippen molar-refractivity contribution < 1.29 is 22.5 Å². The number of nitrogens with zero attached hydrogens (tertiary/aromatic N) is 4. The highest BCUT2D eigenvalue weighted by atomic mass is 32.3. The molecule has 0 aliphatic rings. The van der Waals surface area contributed by atoms with Crippen LogP contribution in [0.1, 0.15) is 11.1 Å². The van der Waals surface area contributed by atoms with Gasteiger partial charge in [-0.05, 0) is 42.8 Å². The number of nitroso groups, excluding NO2 is 1. The smallest absolute Gasteiger partial charge is 0.214 e. The third kappa shape index (κ3) is 4.50. The lowest BCUT2D eigenvalue weighted by atomic mass is 10.2. The molecule has 0 fully saturated rings. The second-order valence-corrected chi connectivity index (χ2v) is 8.66. The Morgan fingerprint density at radius 3 is 2.52 bits per heavy atom. The highest BCUT2D eigenvalue weighted by molar-refractivity contribution is 8.02. The number of pyridine rings is 2. The quantitative estimate of drug-likeness (QED) is 0.319. The van der Waals surface area contributed by atoms with Crippen molar-refractivity contribution in [1.82, 2.24) is 9.97 Å². The van der Waals surface area contributed by atoms with Crippen LogP contribution in [-0.4, -0.2) is 28.4 Å². The number of benzene rings is 1. The maximum Gasteiger partial charge on any atom is 0.214 e. The van der Waals surface area contributed by atoms with Crippen LogP contribution in [0.3, 0.4) is 0 Å². The molecule has 0 bridgehead atoms. The molecule has 2 aromatic heterocycles. The largest absolute Gasteiger partial charge is 0.497 e. The van der Waals surface area contributed by atoms with Gasteiger partial charge in [-0.1, -0.05) is 6.07 Å². The predicted molar refractivity (Wildman–Crippen MR) is 112 cm³/mol. The molecule has 3 aromatic rings. The minimum absolute atomic E-state index is 0.107. The molecule has 0 saturated carbocycles. The lowest BCUT2D eigenvalue weighted by Crippen LogP contribution is -2.36. The molecular formula is C20H20F2N4O4S. The molecule has 164 valence electrons. The molecule has 2 heterocycles. The highest BCUT2D eigenvalue weighted by Crippen LogP contribution is 2.34. The maximum atomic E-state index is 13.9. The summed E-state index contributed by atoms with van der Waals surface area (Å²) in [7, 11) is -1.43. The van der Waals surface area contributed by atoms with E-state index in [1.165, 1.54) is 39.3 Å². The fourth-order valence-electron chi connectivity index (χ4n) is 2.89. The predicted octanol–water partition coefficient (Wildman–Crippen LogP) is 3.76. The first-order valence-corrected chi connectivity index (χ1v) is 10.6. The number of aromatic nitrogens is 2. The lowest BCUT2D eigenvalue weighted by molar-refractivity contribution is 0.391. The zero-order valence-electron chi connectivity index (χ0n) is 17.0. The van der Waals surface area contributed by atoms with E-state index in [4.69, 9.17) is 9.47 Å². The second-order valence-electron chi connectivity index (χ2n) is 6.47. The fraction of sp³-hybridized carbons (Fsp3) is 0.200. The summed E-state index contributed by atoms with van der Waals surface area (Å²) < 4.78 is 55.9. The Hall–Kier alpha value is -3.47. The fourth-order valence-corrected chi connectivity index (χ4v) is 4.62. The van der Waals surface area contributed by atoms with Crippen LogP contribution in [0.15, 0.2) is 58.3 Å². The summed E-state index contributed by atoms with van der Waals surface area (Å²) >= 11 is 0. The van der Waals surface area contributed by atoms with Crippen molar-refractivity contribution in [3.8, 4) is 11.5 Å². The lowest BCUT2D eigenvalue weighted by Gasteiger charge is -2.32. The first kappa shape index (κ1) is 22.2. The van der Waals surface area contributed by atoms with E-state index in [0.29, 0.717) is 17.1 Å². The van der Waals surface area contributed by atoms with Crippen LogP contribution in [-0.2, 0) is 16.8 Å². The van der Waals surface area contributed by atoms with Crippen LogP contribution in [0, 0.1) is 23.6 Å². The van der Waals surface area contributed by atoms with E-state index >= 15 is 0 Å². The molecule has 0 saturated heterocycles. The molecule has 1 aromatic carbocycles. The summed E-state index contributed by atoms with van der Waals surface area (Å²) in [5.41, 5.74) is 0.625. The van der Waals surface area contributed by atoms with Crippen molar-refractivity contribution >= 4 is 16.1 Å². The molecule has 3 rings (SSSR count). The maximum absolute atomic E-state index is 13.9. The third-order valence-corrected chi connectivity index (χ3v) is 6.61. The second kappa shape index (κ2) is 9.13. The number of ether oxygens (including phenoxy) is 2. The van der Waals surface area contributed by atoms with Gasteiger partial charge in [0.1, 0.15) is 38.5 Å². The standard InChI is InChI=1S/C20H20F2N4O4S/c1-13-9-20(23-11-16(13)21)31(28,25-27)26(19-6-4-5-18(22)24-19)12-14-7-8-15(29-2)10-17(14)30-3/h4-11,31H,12H2,1-3H3. The Morgan fingerprint density at radius 2 is 1.90 bits per heavy atom. The zero-order chi connectivity index (χ0) is 22.6. The van der Waals surface area contributed by atoms with Crippen LogP contribution < -0.4 is 13.8 Å². The van der Waals surface area contributed by atoms with E-state index in [1.54, 1.807) is 18.2 Å². The minimum atomic E-state index is -4.36. The number of hydrogen-bond donors (Lipinski definition) is 1. The van der Waals surface area contributed by atoms with E-state index < -0.39 is 22.1 Å². The summed E-state index contributed by atoms with van der Waals surface area (Å²) in [5.74, 6) is -0.687. The number of methoxy groups -OCH3 is 2. The van der Waals surface area contributed by atoms with Crippen LogP contribution >= 0.6 is 0 Å². The van der Waals surface area contributed by atoms with Crippen LogP contribution in [0.4, 0.5) is 14.6 Å². The number of aryl methyl sites for hydroxylation is 1. The van der Waals surface area contributed by atoms with Crippen molar-refractivity contribution in [1.29, 1.82) is 0 Å². The summed E-state index contributed by atoms with van der Waals surface area (Å²) in [4.78, 5) is 19.5. The number of thiol groups is 1. The molecule has 0 aliphatic heterocycles. The van der Waals surface area contributed by atoms with Crippen molar-refractivity contribution in [2.45, 2.75) is 18.5 Å². The Kier molecular flexibility index (Phi) is 6.54. The zero-order valence-corrected chi connectivity index (χ0v) is 17.8. The molecule has 0 atom stereocenters. The van der Waals surface area contributed by atoms with E-state index in [2.05, 4.69) is 14.6 Å². The SMILES string of the molecule is COc1ccc(CN(c2cccc(F)n2)[SH](=O)(N=O)c2cc(C)c(F)cn2)c(OC)c1. The first-order chi connectivity index (χ1) is 14.8. The van der Waals surface area contributed by atoms with Gasteiger partial charge in [-0.2, -0.15) is 4.39 Å².